The van der Waals surface area contributed by atoms with E-state index >= 15 is 0 Å². The number of hydrogen-bond donors (Lipinski definition) is 3. The fraction of sp³-hybridized carbons (Fsp3) is 0.500. The first-order chi connectivity index (χ1) is 10.7. The highest BCUT2D eigenvalue weighted by atomic mass is 32.2. The van der Waals surface area contributed by atoms with Crippen molar-refractivity contribution < 1.29 is 9.59 Å². The van der Waals surface area contributed by atoms with E-state index < -0.39 is 0 Å². The number of urea groups is 1. The number of benzene rings is 1. The van der Waals surface area contributed by atoms with Gasteiger partial charge in [0.05, 0.1) is 5.69 Å². The Labute approximate surface area is 135 Å². The number of hydrogen-bond acceptors (Lipinski definition) is 3. The minimum absolute atomic E-state index is 0.0781. The molecule has 5 nitrogen and oxygen atoms in total. The van der Waals surface area contributed by atoms with Crippen LogP contribution in [0.3, 0.4) is 0 Å². The second kappa shape index (κ2) is 8.68. The SMILES string of the molecule is CCSc1ccccc1NC(=O)NCCCC(=O)NC1CC1. The third-order valence-electron chi connectivity index (χ3n) is 3.24. The van der Waals surface area contributed by atoms with Crippen molar-refractivity contribution in [3.05, 3.63) is 24.3 Å². The molecule has 0 unspecified atom stereocenters. The van der Waals surface area contributed by atoms with Gasteiger partial charge in [0.1, 0.15) is 0 Å². The maximum atomic E-state index is 11.9. The summed E-state index contributed by atoms with van der Waals surface area (Å²) in [5.41, 5.74) is 0.818. The van der Waals surface area contributed by atoms with Gasteiger partial charge < -0.3 is 16.0 Å². The van der Waals surface area contributed by atoms with Crippen LogP contribution in [0.5, 0.6) is 0 Å². The van der Waals surface area contributed by atoms with E-state index in [0.717, 1.165) is 29.2 Å². The monoisotopic (exact) mass is 321 g/mol. The molecule has 0 radical (unpaired) electrons. The molecule has 3 N–H and O–H groups in total. The molecular formula is C16H23N3O2S. The second-order valence-corrected chi connectivity index (χ2v) is 6.56. The Hall–Kier alpha value is -1.69. The minimum atomic E-state index is -0.230. The molecule has 1 aromatic rings. The van der Waals surface area contributed by atoms with E-state index in [4.69, 9.17) is 0 Å². The zero-order valence-corrected chi connectivity index (χ0v) is 13.7. The molecule has 0 spiro atoms. The minimum Gasteiger partial charge on any atom is -0.353 e. The summed E-state index contributed by atoms with van der Waals surface area (Å²) in [6, 6.07) is 7.91. The van der Waals surface area contributed by atoms with Crippen molar-refractivity contribution in [1.29, 1.82) is 0 Å². The maximum absolute atomic E-state index is 11.9. The van der Waals surface area contributed by atoms with Crippen LogP contribution in [-0.4, -0.2) is 30.3 Å². The largest absolute Gasteiger partial charge is 0.353 e. The Morgan fingerprint density at radius 3 is 2.77 bits per heavy atom. The summed E-state index contributed by atoms with van der Waals surface area (Å²) < 4.78 is 0. The zero-order valence-electron chi connectivity index (χ0n) is 12.9. The number of carbonyl (C=O) groups is 2. The summed E-state index contributed by atoms with van der Waals surface area (Å²) in [5.74, 6) is 1.03. The lowest BCUT2D eigenvalue weighted by Crippen LogP contribution is -2.31. The quantitative estimate of drug-likeness (QED) is 0.509. The normalized spacial score (nSPS) is 13.5. The standard InChI is InChI=1S/C16H23N3O2S/c1-2-22-14-7-4-3-6-13(14)19-16(21)17-11-5-8-15(20)18-12-9-10-12/h3-4,6-7,12H,2,5,8-11H2,1H3,(H,18,20)(H2,17,19,21). The topological polar surface area (TPSA) is 70.2 Å². The molecular weight excluding hydrogens is 298 g/mol. The van der Waals surface area contributed by atoms with Gasteiger partial charge in [-0.3, -0.25) is 4.79 Å². The van der Waals surface area contributed by atoms with Crippen LogP contribution in [0, 0.1) is 0 Å². The maximum Gasteiger partial charge on any atom is 0.319 e. The van der Waals surface area contributed by atoms with Crippen LogP contribution in [-0.2, 0) is 4.79 Å². The van der Waals surface area contributed by atoms with Gasteiger partial charge in [-0.1, -0.05) is 19.1 Å². The van der Waals surface area contributed by atoms with E-state index in [1.54, 1.807) is 11.8 Å². The first-order valence-corrected chi connectivity index (χ1v) is 8.73. The third-order valence-corrected chi connectivity index (χ3v) is 4.20. The molecule has 0 aliphatic heterocycles. The van der Waals surface area contributed by atoms with Crippen LogP contribution >= 0.6 is 11.8 Å². The number of amides is 3. The van der Waals surface area contributed by atoms with Crippen molar-refractivity contribution in [1.82, 2.24) is 10.6 Å². The van der Waals surface area contributed by atoms with Gasteiger partial charge in [0, 0.05) is 23.9 Å². The molecule has 1 fully saturated rings. The Balaban J connectivity index is 1.65. The number of carbonyl (C=O) groups excluding carboxylic acids is 2. The van der Waals surface area contributed by atoms with E-state index in [9.17, 15) is 9.59 Å². The summed E-state index contributed by atoms with van der Waals surface area (Å²) in [6.45, 7) is 2.57. The summed E-state index contributed by atoms with van der Waals surface area (Å²) in [6.07, 6.45) is 3.31. The molecule has 0 bridgehead atoms. The predicted molar refractivity (Wildman–Crippen MR) is 90.3 cm³/mol. The molecule has 1 saturated carbocycles. The van der Waals surface area contributed by atoms with Gasteiger partial charge in [0.15, 0.2) is 0 Å². The second-order valence-electron chi connectivity index (χ2n) is 5.26. The summed E-state index contributed by atoms with van der Waals surface area (Å²) in [4.78, 5) is 24.4. The highest BCUT2D eigenvalue weighted by Crippen LogP contribution is 2.26. The first kappa shape index (κ1) is 16.7. The average Bonchev–Trinajstić information content (AvgIpc) is 3.30. The van der Waals surface area contributed by atoms with Gasteiger partial charge >= 0.3 is 6.03 Å². The van der Waals surface area contributed by atoms with Crippen LogP contribution in [0.15, 0.2) is 29.2 Å². The van der Waals surface area contributed by atoms with Gasteiger partial charge in [-0.15, -0.1) is 11.8 Å². The highest BCUT2D eigenvalue weighted by molar-refractivity contribution is 7.99. The van der Waals surface area contributed by atoms with Crippen molar-refractivity contribution in [3.63, 3.8) is 0 Å². The average molecular weight is 321 g/mol. The van der Waals surface area contributed by atoms with Crippen molar-refractivity contribution in [2.24, 2.45) is 0 Å². The molecule has 1 aromatic carbocycles. The summed E-state index contributed by atoms with van der Waals surface area (Å²) in [7, 11) is 0. The lowest BCUT2D eigenvalue weighted by molar-refractivity contribution is -0.121. The predicted octanol–water partition coefficient (Wildman–Crippen LogP) is 2.98. The van der Waals surface area contributed by atoms with E-state index in [2.05, 4.69) is 22.9 Å². The Kier molecular flexibility index (Phi) is 6.58. The smallest absolute Gasteiger partial charge is 0.319 e. The van der Waals surface area contributed by atoms with Crippen molar-refractivity contribution >= 4 is 29.4 Å². The number of para-hydroxylation sites is 1. The lowest BCUT2D eigenvalue weighted by Gasteiger charge is -2.11. The molecule has 1 aliphatic carbocycles. The molecule has 22 heavy (non-hydrogen) atoms. The molecule has 6 heteroatoms. The molecule has 2 rings (SSSR count). The van der Waals surface area contributed by atoms with Gasteiger partial charge in [-0.05, 0) is 37.1 Å². The van der Waals surface area contributed by atoms with Crippen LogP contribution < -0.4 is 16.0 Å². The summed E-state index contributed by atoms with van der Waals surface area (Å²) in [5, 5.41) is 8.57. The lowest BCUT2D eigenvalue weighted by atomic mass is 10.3. The molecule has 0 heterocycles. The Morgan fingerprint density at radius 1 is 1.27 bits per heavy atom. The zero-order chi connectivity index (χ0) is 15.8. The molecule has 0 atom stereocenters. The number of thioether (sulfide) groups is 1. The van der Waals surface area contributed by atoms with Gasteiger partial charge in [-0.2, -0.15) is 0 Å². The molecule has 0 saturated heterocycles. The summed E-state index contributed by atoms with van der Waals surface area (Å²) >= 11 is 1.69. The first-order valence-electron chi connectivity index (χ1n) is 7.75. The fourth-order valence-electron chi connectivity index (χ4n) is 2.00. The van der Waals surface area contributed by atoms with E-state index in [1.807, 2.05) is 24.3 Å². The molecule has 1 aliphatic rings. The van der Waals surface area contributed by atoms with Gasteiger partial charge in [0.2, 0.25) is 5.91 Å². The molecule has 0 aromatic heterocycles. The number of nitrogens with one attached hydrogen (secondary N) is 3. The van der Waals surface area contributed by atoms with Gasteiger partial charge in [0.25, 0.3) is 0 Å². The van der Waals surface area contributed by atoms with Crippen LogP contribution in [0.25, 0.3) is 0 Å². The van der Waals surface area contributed by atoms with Crippen molar-refractivity contribution in [2.75, 3.05) is 17.6 Å². The number of anilines is 1. The van der Waals surface area contributed by atoms with E-state index in [-0.39, 0.29) is 11.9 Å². The van der Waals surface area contributed by atoms with Crippen LogP contribution in [0.4, 0.5) is 10.5 Å². The highest BCUT2D eigenvalue weighted by Gasteiger charge is 2.22. The Morgan fingerprint density at radius 2 is 2.05 bits per heavy atom. The van der Waals surface area contributed by atoms with Crippen LogP contribution in [0.2, 0.25) is 0 Å². The molecule has 120 valence electrons. The van der Waals surface area contributed by atoms with Crippen LogP contribution in [0.1, 0.15) is 32.6 Å². The van der Waals surface area contributed by atoms with Gasteiger partial charge in [-0.25, -0.2) is 4.79 Å². The third kappa shape index (κ3) is 5.97. The van der Waals surface area contributed by atoms with Crippen molar-refractivity contribution in [3.8, 4) is 0 Å². The van der Waals surface area contributed by atoms with Crippen molar-refractivity contribution in [2.45, 2.75) is 43.5 Å². The molecule has 3 amide bonds. The number of rotatable bonds is 8. The Bertz CT molecular complexity index is 518. The fourth-order valence-corrected chi connectivity index (χ4v) is 2.76. The van der Waals surface area contributed by atoms with E-state index in [0.29, 0.717) is 25.4 Å². The van der Waals surface area contributed by atoms with E-state index in [1.165, 1.54) is 0 Å².